The number of amides is 1. The lowest BCUT2D eigenvalue weighted by molar-refractivity contribution is 0.0486. The largest absolute Gasteiger partial charge is 0.444 e. The van der Waals surface area contributed by atoms with Crippen LogP contribution in [0.3, 0.4) is 0 Å². The highest BCUT2D eigenvalue weighted by Gasteiger charge is 2.32. The van der Waals surface area contributed by atoms with E-state index in [0.29, 0.717) is 43.5 Å². The van der Waals surface area contributed by atoms with E-state index in [4.69, 9.17) is 20.3 Å². The summed E-state index contributed by atoms with van der Waals surface area (Å²) in [6, 6.07) is 21.9. The van der Waals surface area contributed by atoms with Gasteiger partial charge in [-0.1, -0.05) is 54.6 Å². The number of amidine groups is 1. The fraction of sp³-hybridized carbons (Fsp3) is 0.324. The van der Waals surface area contributed by atoms with Crippen molar-refractivity contribution in [1.82, 2.24) is 20.1 Å². The molecule has 1 amide bonds. The van der Waals surface area contributed by atoms with Crippen LogP contribution in [0.25, 0.3) is 33.3 Å². The molecule has 0 aliphatic heterocycles. The Hall–Kier alpha value is -4.99. The standard InChI is InChI=1S/C34H36N6O4/c1-34(2,3)44-33(42)37-25-15-13-21(14-16-25)29(41)32-39-38-31(43-32)28-17-22-11-12-23(30(35)36)18-27(22)40(28)19-24-9-6-8-20-7-4-5-10-26(20)24/h4-12,17-18,21,25H,13-16,19H2,1-3H3,(H3,35,36)(H,37,42). The maximum Gasteiger partial charge on any atom is 0.407 e. The number of hydrogen-bond donors (Lipinski definition) is 3. The van der Waals surface area contributed by atoms with Gasteiger partial charge in [-0.2, -0.15) is 0 Å². The van der Waals surface area contributed by atoms with E-state index < -0.39 is 11.7 Å². The molecule has 3 aromatic carbocycles. The number of fused-ring (bicyclic) bond motifs is 2. The van der Waals surface area contributed by atoms with E-state index in [1.54, 1.807) is 0 Å². The molecule has 2 aromatic heterocycles. The lowest BCUT2D eigenvalue weighted by Gasteiger charge is -2.28. The Balaban J connectivity index is 1.26. The molecule has 4 N–H and O–H groups in total. The van der Waals surface area contributed by atoms with Crippen molar-refractivity contribution in [2.24, 2.45) is 11.7 Å². The first kappa shape index (κ1) is 29.1. The Bertz CT molecular complexity index is 1870. The van der Waals surface area contributed by atoms with Crippen molar-refractivity contribution in [2.45, 2.75) is 64.6 Å². The summed E-state index contributed by atoms with van der Waals surface area (Å²) in [5.41, 5.74) is 8.51. The fourth-order valence-electron chi connectivity index (χ4n) is 5.95. The third-order valence-corrected chi connectivity index (χ3v) is 8.10. The second-order valence-electron chi connectivity index (χ2n) is 12.4. The second-order valence-corrected chi connectivity index (χ2v) is 12.4. The van der Waals surface area contributed by atoms with Crippen molar-refractivity contribution < 1.29 is 18.7 Å². The van der Waals surface area contributed by atoms with Crippen LogP contribution >= 0.6 is 0 Å². The Morgan fingerprint density at radius 2 is 1.75 bits per heavy atom. The molecule has 1 aliphatic rings. The van der Waals surface area contributed by atoms with Gasteiger partial charge in [0, 0.05) is 35.0 Å². The van der Waals surface area contributed by atoms with E-state index in [1.807, 2.05) is 63.2 Å². The number of rotatable bonds is 7. The molecule has 0 radical (unpaired) electrons. The summed E-state index contributed by atoms with van der Waals surface area (Å²) in [5.74, 6) is -0.243. The predicted octanol–water partition coefficient (Wildman–Crippen LogP) is 6.44. The minimum Gasteiger partial charge on any atom is -0.444 e. The lowest BCUT2D eigenvalue weighted by atomic mass is 9.83. The highest BCUT2D eigenvalue weighted by molar-refractivity contribution is 5.99. The Kier molecular flexibility index (Phi) is 7.67. The number of alkyl carbamates (subject to hydrolysis) is 1. The van der Waals surface area contributed by atoms with Gasteiger partial charge < -0.3 is 24.8 Å². The quantitative estimate of drug-likeness (QED) is 0.112. The van der Waals surface area contributed by atoms with Crippen LogP contribution in [0.4, 0.5) is 4.79 Å². The minimum absolute atomic E-state index is 0.0186. The average molecular weight is 593 g/mol. The van der Waals surface area contributed by atoms with Gasteiger partial charge in [0.1, 0.15) is 17.1 Å². The van der Waals surface area contributed by atoms with Gasteiger partial charge in [-0.25, -0.2) is 4.79 Å². The summed E-state index contributed by atoms with van der Waals surface area (Å²) < 4.78 is 13.5. The summed E-state index contributed by atoms with van der Waals surface area (Å²) >= 11 is 0. The number of benzene rings is 3. The zero-order valence-electron chi connectivity index (χ0n) is 25.1. The van der Waals surface area contributed by atoms with E-state index in [0.717, 1.165) is 27.2 Å². The number of nitrogen functional groups attached to an aromatic ring is 1. The SMILES string of the molecule is CC(C)(C)OC(=O)NC1CCC(C(=O)c2nnc(-c3cc4ccc(C(=N)N)cc4n3Cc3cccc4ccccc34)o2)CC1. The van der Waals surface area contributed by atoms with Crippen molar-refractivity contribution >= 4 is 39.4 Å². The van der Waals surface area contributed by atoms with Crippen LogP contribution in [0.15, 0.2) is 71.1 Å². The van der Waals surface area contributed by atoms with Crippen LogP contribution in [-0.4, -0.2) is 44.1 Å². The number of ether oxygens (including phenoxy) is 1. The van der Waals surface area contributed by atoms with Crippen molar-refractivity contribution in [3.63, 3.8) is 0 Å². The molecule has 10 nitrogen and oxygen atoms in total. The predicted molar refractivity (Wildman–Crippen MR) is 169 cm³/mol. The van der Waals surface area contributed by atoms with Crippen LogP contribution in [0.5, 0.6) is 0 Å². The summed E-state index contributed by atoms with van der Waals surface area (Å²) in [5, 5.41) is 22.5. The molecular formula is C34H36N6O4. The van der Waals surface area contributed by atoms with Gasteiger partial charge in [-0.15, -0.1) is 10.2 Å². The molecule has 10 heteroatoms. The smallest absolute Gasteiger partial charge is 0.407 e. The summed E-state index contributed by atoms with van der Waals surface area (Å²) in [7, 11) is 0. The number of Topliss-reactive ketones (excluding diaryl/α,β-unsaturated/α-hetero) is 1. The topological polar surface area (TPSA) is 149 Å². The molecule has 0 bridgehead atoms. The number of nitrogens with two attached hydrogens (primary N) is 1. The molecule has 1 aliphatic carbocycles. The third-order valence-electron chi connectivity index (χ3n) is 8.10. The van der Waals surface area contributed by atoms with Gasteiger partial charge in [-0.3, -0.25) is 10.2 Å². The highest BCUT2D eigenvalue weighted by atomic mass is 16.6. The normalized spacial score (nSPS) is 17.1. The molecule has 0 spiro atoms. The van der Waals surface area contributed by atoms with Gasteiger partial charge in [0.2, 0.25) is 5.78 Å². The van der Waals surface area contributed by atoms with Gasteiger partial charge in [0.15, 0.2) is 0 Å². The number of ketones is 1. The van der Waals surface area contributed by atoms with E-state index in [2.05, 4.69) is 44.3 Å². The first-order chi connectivity index (χ1) is 21.1. The molecule has 0 saturated heterocycles. The molecule has 0 unspecified atom stereocenters. The van der Waals surface area contributed by atoms with Crippen LogP contribution in [0, 0.1) is 11.3 Å². The Morgan fingerprint density at radius 1 is 1.00 bits per heavy atom. The van der Waals surface area contributed by atoms with Crippen molar-refractivity contribution in [1.29, 1.82) is 5.41 Å². The second kappa shape index (κ2) is 11.6. The zero-order valence-corrected chi connectivity index (χ0v) is 25.1. The molecule has 1 saturated carbocycles. The number of aromatic nitrogens is 3. The third kappa shape index (κ3) is 6.06. The summed E-state index contributed by atoms with van der Waals surface area (Å²) in [4.78, 5) is 25.6. The number of hydrogen-bond acceptors (Lipinski definition) is 7. The van der Waals surface area contributed by atoms with Gasteiger partial charge in [-0.05, 0) is 74.9 Å². The fourth-order valence-corrected chi connectivity index (χ4v) is 5.95. The Labute approximate surface area is 255 Å². The molecular weight excluding hydrogens is 556 g/mol. The first-order valence-corrected chi connectivity index (χ1v) is 14.9. The Morgan fingerprint density at radius 3 is 2.50 bits per heavy atom. The highest BCUT2D eigenvalue weighted by Crippen LogP contribution is 2.32. The average Bonchev–Trinajstić information content (AvgIpc) is 3.61. The van der Waals surface area contributed by atoms with Gasteiger partial charge in [0.25, 0.3) is 11.8 Å². The van der Waals surface area contributed by atoms with E-state index in [1.165, 1.54) is 0 Å². The number of carbonyl (C=O) groups excluding carboxylic acids is 2. The van der Waals surface area contributed by atoms with Crippen molar-refractivity contribution in [2.75, 3.05) is 0 Å². The van der Waals surface area contributed by atoms with Crippen LogP contribution in [-0.2, 0) is 11.3 Å². The molecule has 2 heterocycles. The summed E-state index contributed by atoms with van der Waals surface area (Å²) in [6.07, 6.45) is 2.09. The molecule has 1 fully saturated rings. The number of carbonyl (C=O) groups is 2. The maximum absolute atomic E-state index is 13.4. The number of nitrogens with zero attached hydrogens (tertiary/aromatic N) is 3. The monoisotopic (exact) mass is 592 g/mol. The summed E-state index contributed by atoms with van der Waals surface area (Å²) in [6.45, 7) is 5.98. The molecule has 0 atom stereocenters. The van der Waals surface area contributed by atoms with Crippen molar-refractivity contribution in [3.05, 3.63) is 83.7 Å². The van der Waals surface area contributed by atoms with E-state index >= 15 is 0 Å². The van der Waals surface area contributed by atoms with Crippen molar-refractivity contribution in [3.8, 4) is 11.6 Å². The number of nitrogens with one attached hydrogen (secondary N) is 2. The maximum atomic E-state index is 13.4. The first-order valence-electron chi connectivity index (χ1n) is 14.9. The van der Waals surface area contributed by atoms with Crippen LogP contribution in [0.1, 0.15) is 68.3 Å². The molecule has 44 heavy (non-hydrogen) atoms. The lowest BCUT2D eigenvalue weighted by Crippen LogP contribution is -2.41. The molecule has 226 valence electrons. The van der Waals surface area contributed by atoms with Crippen LogP contribution in [0.2, 0.25) is 0 Å². The zero-order chi connectivity index (χ0) is 31.0. The minimum atomic E-state index is -0.566. The van der Waals surface area contributed by atoms with E-state index in [-0.39, 0.29) is 35.4 Å². The molecule has 6 rings (SSSR count). The van der Waals surface area contributed by atoms with Gasteiger partial charge in [0.05, 0.1) is 0 Å². The molecule has 5 aromatic rings. The van der Waals surface area contributed by atoms with Gasteiger partial charge >= 0.3 is 6.09 Å². The van der Waals surface area contributed by atoms with E-state index in [9.17, 15) is 9.59 Å². The van der Waals surface area contributed by atoms with Crippen LogP contribution < -0.4 is 11.1 Å².